The molecule has 0 bridgehead atoms. The molecule has 0 saturated carbocycles. The van der Waals surface area contributed by atoms with Crippen LogP contribution in [-0.4, -0.2) is 4.98 Å². The van der Waals surface area contributed by atoms with E-state index in [2.05, 4.69) is 23.7 Å². The molecule has 1 aromatic heterocycles. The predicted octanol–water partition coefficient (Wildman–Crippen LogP) is 2.83. The van der Waals surface area contributed by atoms with Crippen LogP contribution in [0.15, 0.2) is 35.4 Å². The summed E-state index contributed by atoms with van der Waals surface area (Å²) in [7, 11) is 0. The predicted molar refractivity (Wildman–Crippen MR) is 53.7 cm³/mol. The highest BCUT2D eigenvalue weighted by atomic mass is 32.1. The number of hydrogen-bond acceptors (Lipinski definition) is 2. The molecule has 0 N–H and O–H groups in total. The number of fused-ring (bicyclic) bond motifs is 1. The van der Waals surface area contributed by atoms with Gasteiger partial charge in [-0.05, 0) is 30.7 Å². The van der Waals surface area contributed by atoms with Gasteiger partial charge in [-0.1, -0.05) is 6.07 Å². The van der Waals surface area contributed by atoms with Crippen LogP contribution >= 0.6 is 12.6 Å². The molecule has 0 spiro atoms. The molecule has 0 aliphatic carbocycles. The maximum Gasteiger partial charge on any atom is 0.0713 e. The Balaban J connectivity index is 2.79. The maximum atomic E-state index is 4.29. The first-order chi connectivity index (χ1) is 5.75. The average molecular weight is 175 g/mol. The number of benzene rings is 1. The normalized spacial score (nSPS) is 10.5. The van der Waals surface area contributed by atoms with Crippen LogP contribution in [0.5, 0.6) is 0 Å². The topological polar surface area (TPSA) is 12.9 Å². The fraction of sp³-hybridized carbons (Fsp3) is 0.100. The highest BCUT2D eigenvalue weighted by molar-refractivity contribution is 7.80. The molecule has 1 heterocycles. The minimum Gasteiger partial charge on any atom is -0.256 e. The largest absolute Gasteiger partial charge is 0.256 e. The fourth-order valence-corrected chi connectivity index (χ4v) is 1.42. The quantitative estimate of drug-likeness (QED) is 0.607. The lowest BCUT2D eigenvalue weighted by Gasteiger charge is -1.98. The number of rotatable bonds is 0. The summed E-state index contributed by atoms with van der Waals surface area (Å²) in [6, 6.07) is 8.11. The molecule has 0 unspecified atom stereocenters. The molecule has 0 radical (unpaired) electrons. The van der Waals surface area contributed by atoms with Gasteiger partial charge in [-0.3, -0.25) is 4.98 Å². The van der Waals surface area contributed by atoms with E-state index in [0.717, 1.165) is 10.4 Å². The molecule has 60 valence electrons. The summed E-state index contributed by atoms with van der Waals surface area (Å²) in [5.41, 5.74) is 2.20. The Labute approximate surface area is 76.9 Å². The highest BCUT2D eigenvalue weighted by Crippen LogP contribution is 2.16. The van der Waals surface area contributed by atoms with Gasteiger partial charge in [0.1, 0.15) is 0 Å². The van der Waals surface area contributed by atoms with Crippen molar-refractivity contribution in [2.45, 2.75) is 11.8 Å². The van der Waals surface area contributed by atoms with Gasteiger partial charge in [0.15, 0.2) is 0 Å². The zero-order valence-electron chi connectivity index (χ0n) is 6.78. The van der Waals surface area contributed by atoms with Crippen LogP contribution in [-0.2, 0) is 0 Å². The first-order valence-corrected chi connectivity index (χ1v) is 4.26. The molecule has 12 heavy (non-hydrogen) atoms. The van der Waals surface area contributed by atoms with E-state index < -0.39 is 0 Å². The van der Waals surface area contributed by atoms with Crippen molar-refractivity contribution in [2.75, 3.05) is 0 Å². The molecule has 2 aromatic rings. The molecule has 1 aromatic carbocycles. The van der Waals surface area contributed by atoms with E-state index in [1.54, 1.807) is 0 Å². The Morgan fingerprint density at radius 3 is 2.92 bits per heavy atom. The van der Waals surface area contributed by atoms with E-state index in [0.29, 0.717) is 0 Å². The number of pyridine rings is 1. The van der Waals surface area contributed by atoms with E-state index in [1.165, 1.54) is 10.9 Å². The van der Waals surface area contributed by atoms with Crippen LogP contribution in [0.25, 0.3) is 10.9 Å². The Hall–Kier alpha value is -1.02. The van der Waals surface area contributed by atoms with Crippen LogP contribution < -0.4 is 0 Å². The molecule has 2 heteroatoms. The summed E-state index contributed by atoms with van der Waals surface area (Å²) in [5, 5.41) is 1.17. The zero-order chi connectivity index (χ0) is 8.55. The Morgan fingerprint density at radius 2 is 2.08 bits per heavy atom. The maximum absolute atomic E-state index is 4.29. The number of aromatic nitrogens is 1. The van der Waals surface area contributed by atoms with Crippen molar-refractivity contribution < 1.29 is 0 Å². The lowest BCUT2D eigenvalue weighted by Crippen LogP contribution is -1.80. The highest BCUT2D eigenvalue weighted by Gasteiger charge is 1.94. The third-order valence-electron chi connectivity index (χ3n) is 1.80. The van der Waals surface area contributed by atoms with Gasteiger partial charge in [0.05, 0.1) is 5.52 Å². The van der Waals surface area contributed by atoms with Gasteiger partial charge in [0, 0.05) is 16.5 Å². The minimum absolute atomic E-state index is 0.957. The Morgan fingerprint density at radius 1 is 1.25 bits per heavy atom. The second-order valence-electron chi connectivity index (χ2n) is 2.89. The second-order valence-corrected chi connectivity index (χ2v) is 3.41. The third-order valence-corrected chi connectivity index (χ3v) is 2.08. The van der Waals surface area contributed by atoms with E-state index in [4.69, 9.17) is 0 Å². The van der Waals surface area contributed by atoms with Crippen LogP contribution in [0.4, 0.5) is 0 Å². The zero-order valence-corrected chi connectivity index (χ0v) is 7.68. The van der Waals surface area contributed by atoms with Crippen molar-refractivity contribution in [3.63, 3.8) is 0 Å². The van der Waals surface area contributed by atoms with Crippen LogP contribution in [0, 0.1) is 6.92 Å². The van der Waals surface area contributed by atoms with Gasteiger partial charge in [-0.25, -0.2) is 0 Å². The monoisotopic (exact) mass is 175 g/mol. The summed E-state index contributed by atoms with van der Waals surface area (Å²) in [4.78, 5) is 5.25. The van der Waals surface area contributed by atoms with E-state index in [1.807, 2.05) is 31.3 Å². The van der Waals surface area contributed by atoms with Crippen LogP contribution in [0.3, 0.4) is 0 Å². The molecule has 1 nitrogen and oxygen atoms in total. The first kappa shape index (κ1) is 7.62. The van der Waals surface area contributed by atoms with Gasteiger partial charge in [-0.15, -0.1) is 12.6 Å². The van der Waals surface area contributed by atoms with Crippen molar-refractivity contribution in [1.29, 1.82) is 0 Å². The molecule has 0 saturated heterocycles. The summed E-state index contributed by atoms with van der Waals surface area (Å²) in [5.74, 6) is 0. The number of hydrogen-bond donors (Lipinski definition) is 1. The molecule has 2 rings (SSSR count). The summed E-state index contributed by atoms with van der Waals surface area (Å²) < 4.78 is 0. The van der Waals surface area contributed by atoms with Gasteiger partial charge in [0.25, 0.3) is 0 Å². The molecular formula is C10H9NS. The first-order valence-electron chi connectivity index (χ1n) is 3.81. The lowest BCUT2D eigenvalue weighted by molar-refractivity contribution is 1.32. The Kier molecular flexibility index (Phi) is 1.77. The molecule has 0 amide bonds. The Bertz CT molecular complexity index is 382. The third kappa shape index (κ3) is 1.30. The van der Waals surface area contributed by atoms with Crippen molar-refractivity contribution >= 4 is 23.5 Å². The van der Waals surface area contributed by atoms with Crippen molar-refractivity contribution in [2.24, 2.45) is 0 Å². The van der Waals surface area contributed by atoms with E-state index >= 15 is 0 Å². The molecule has 0 aliphatic rings. The van der Waals surface area contributed by atoms with Crippen LogP contribution in [0.2, 0.25) is 0 Å². The summed E-state index contributed by atoms with van der Waals surface area (Å²) in [6.45, 7) is 2.04. The molecule has 0 atom stereocenters. The van der Waals surface area contributed by atoms with Gasteiger partial charge in [0.2, 0.25) is 0 Å². The standard InChI is InChI=1S/C10H9NS/c1-7-4-8-2-3-9(12)5-10(8)11-6-7/h2-6,12H,1H3. The van der Waals surface area contributed by atoms with Gasteiger partial charge in [-0.2, -0.15) is 0 Å². The molecular weight excluding hydrogens is 166 g/mol. The average Bonchev–Trinajstić information content (AvgIpc) is 2.05. The lowest BCUT2D eigenvalue weighted by atomic mass is 10.2. The number of thiol groups is 1. The van der Waals surface area contributed by atoms with Crippen molar-refractivity contribution in [3.05, 3.63) is 36.0 Å². The van der Waals surface area contributed by atoms with Gasteiger partial charge >= 0.3 is 0 Å². The smallest absolute Gasteiger partial charge is 0.0713 e. The molecule has 0 aliphatic heterocycles. The fourth-order valence-electron chi connectivity index (χ4n) is 1.22. The summed E-state index contributed by atoms with van der Waals surface area (Å²) in [6.07, 6.45) is 1.87. The second kappa shape index (κ2) is 2.79. The SMILES string of the molecule is Cc1cnc2cc(S)ccc2c1. The minimum atomic E-state index is 0.957. The van der Waals surface area contributed by atoms with Gasteiger partial charge < -0.3 is 0 Å². The molecule has 0 fully saturated rings. The number of aryl methyl sites for hydroxylation is 1. The summed E-state index contributed by atoms with van der Waals surface area (Å²) >= 11 is 4.25. The number of nitrogens with zero attached hydrogens (tertiary/aromatic N) is 1. The van der Waals surface area contributed by atoms with E-state index in [9.17, 15) is 0 Å². The van der Waals surface area contributed by atoms with Crippen molar-refractivity contribution in [3.8, 4) is 0 Å². The van der Waals surface area contributed by atoms with Crippen molar-refractivity contribution in [1.82, 2.24) is 4.98 Å². The van der Waals surface area contributed by atoms with Crippen LogP contribution in [0.1, 0.15) is 5.56 Å². The van der Waals surface area contributed by atoms with E-state index in [-0.39, 0.29) is 0 Å².